The first-order valence-corrected chi connectivity index (χ1v) is 6.45. The minimum Gasteiger partial charge on any atom is -0.379 e. The molecule has 21 heavy (non-hydrogen) atoms. The van der Waals surface area contributed by atoms with E-state index >= 15 is 0 Å². The molecule has 3 rings (SSSR count). The molecule has 1 aliphatic rings. The second-order valence-corrected chi connectivity index (χ2v) is 4.62. The third-order valence-corrected chi connectivity index (χ3v) is 3.25. The summed E-state index contributed by atoms with van der Waals surface area (Å²) in [5, 5.41) is 9.48. The van der Waals surface area contributed by atoms with Gasteiger partial charge >= 0.3 is 0 Å². The predicted molar refractivity (Wildman–Crippen MR) is 74.7 cm³/mol. The van der Waals surface area contributed by atoms with Crippen LogP contribution in [0.25, 0.3) is 0 Å². The van der Waals surface area contributed by atoms with E-state index in [1.165, 1.54) is 0 Å². The molecular weight excluding hydrogens is 274 g/mol. The van der Waals surface area contributed by atoms with Gasteiger partial charge in [-0.3, -0.25) is 9.59 Å². The van der Waals surface area contributed by atoms with Gasteiger partial charge in [-0.2, -0.15) is 0 Å². The first-order chi connectivity index (χ1) is 10.2. The monoisotopic (exact) mass is 287 g/mol. The standard InChI is InChI=1S/C13H13N5O3/c14-12-11(16-21-17-12)13(20)15-8-4-1-2-5-9(8)18-7-3-6-10(18)19/h1-2,4-5H,3,6-7H2,(H2,14,17)(H,15,20). The number of aromatic nitrogens is 2. The zero-order chi connectivity index (χ0) is 14.8. The molecule has 0 spiro atoms. The molecule has 0 atom stereocenters. The Labute approximate surface area is 119 Å². The van der Waals surface area contributed by atoms with Crippen LogP contribution in [0, 0.1) is 0 Å². The van der Waals surface area contributed by atoms with Crippen molar-refractivity contribution in [3.63, 3.8) is 0 Å². The number of hydrogen-bond acceptors (Lipinski definition) is 6. The summed E-state index contributed by atoms with van der Waals surface area (Å²) in [4.78, 5) is 25.6. The number of anilines is 3. The molecule has 0 radical (unpaired) electrons. The van der Waals surface area contributed by atoms with Crippen molar-refractivity contribution in [1.82, 2.24) is 10.3 Å². The van der Waals surface area contributed by atoms with Gasteiger partial charge in [0.25, 0.3) is 5.91 Å². The van der Waals surface area contributed by atoms with E-state index in [0.29, 0.717) is 24.3 Å². The van der Waals surface area contributed by atoms with Crippen molar-refractivity contribution in [2.45, 2.75) is 12.8 Å². The highest BCUT2D eigenvalue weighted by atomic mass is 16.6. The van der Waals surface area contributed by atoms with Gasteiger partial charge in [0.15, 0.2) is 0 Å². The van der Waals surface area contributed by atoms with Gasteiger partial charge in [0, 0.05) is 13.0 Å². The van der Waals surface area contributed by atoms with Gasteiger partial charge in [-0.1, -0.05) is 12.1 Å². The van der Waals surface area contributed by atoms with Crippen LogP contribution < -0.4 is 16.0 Å². The van der Waals surface area contributed by atoms with Crippen LogP contribution >= 0.6 is 0 Å². The van der Waals surface area contributed by atoms with Crippen LogP contribution in [0.2, 0.25) is 0 Å². The predicted octanol–water partition coefficient (Wildman–Crippen LogP) is 1.03. The maximum atomic E-state index is 12.1. The highest BCUT2D eigenvalue weighted by molar-refractivity contribution is 6.08. The SMILES string of the molecule is Nc1nonc1C(=O)Nc1ccccc1N1CCCC1=O. The Morgan fingerprint density at radius 2 is 2.14 bits per heavy atom. The van der Waals surface area contributed by atoms with E-state index in [9.17, 15) is 9.59 Å². The van der Waals surface area contributed by atoms with Crippen molar-refractivity contribution in [3.05, 3.63) is 30.0 Å². The molecule has 1 fully saturated rings. The molecule has 0 unspecified atom stereocenters. The lowest BCUT2D eigenvalue weighted by molar-refractivity contribution is -0.117. The van der Waals surface area contributed by atoms with Crippen LogP contribution in [0.5, 0.6) is 0 Å². The number of hydrogen-bond donors (Lipinski definition) is 2. The highest BCUT2D eigenvalue weighted by Gasteiger charge is 2.25. The van der Waals surface area contributed by atoms with Crippen molar-refractivity contribution < 1.29 is 14.2 Å². The average molecular weight is 287 g/mol. The smallest absolute Gasteiger partial charge is 0.281 e. The minimum absolute atomic E-state index is 0.0410. The zero-order valence-electron chi connectivity index (χ0n) is 11.1. The Bertz CT molecular complexity index is 697. The molecule has 0 saturated carbocycles. The maximum Gasteiger partial charge on any atom is 0.281 e. The van der Waals surface area contributed by atoms with Gasteiger partial charge < -0.3 is 16.0 Å². The van der Waals surface area contributed by atoms with Crippen molar-refractivity contribution in [2.24, 2.45) is 0 Å². The number of para-hydroxylation sites is 2. The Kier molecular flexibility index (Phi) is 3.27. The fourth-order valence-electron chi connectivity index (χ4n) is 2.25. The van der Waals surface area contributed by atoms with Gasteiger partial charge in [0.05, 0.1) is 11.4 Å². The Hall–Kier alpha value is -2.90. The molecular formula is C13H13N5O3. The topological polar surface area (TPSA) is 114 Å². The van der Waals surface area contributed by atoms with Crippen LogP contribution in [-0.2, 0) is 4.79 Å². The summed E-state index contributed by atoms with van der Waals surface area (Å²) in [6.07, 6.45) is 1.32. The first kappa shape index (κ1) is 13.1. The van der Waals surface area contributed by atoms with Crippen molar-refractivity contribution in [3.8, 4) is 0 Å². The molecule has 2 aromatic rings. The van der Waals surface area contributed by atoms with Gasteiger partial charge in [-0.15, -0.1) is 0 Å². The number of carbonyl (C=O) groups excluding carboxylic acids is 2. The molecule has 8 nitrogen and oxygen atoms in total. The average Bonchev–Trinajstić information content (AvgIpc) is 3.08. The molecule has 0 bridgehead atoms. The Morgan fingerprint density at radius 1 is 1.33 bits per heavy atom. The molecule has 2 heterocycles. The third-order valence-electron chi connectivity index (χ3n) is 3.25. The highest BCUT2D eigenvalue weighted by Crippen LogP contribution is 2.29. The lowest BCUT2D eigenvalue weighted by Gasteiger charge is -2.19. The summed E-state index contributed by atoms with van der Waals surface area (Å²) in [6.45, 7) is 0.638. The quantitative estimate of drug-likeness (QED) is 0.871. The van der Waals surface area contributed by atoms with E-state index in [2.05, 4.69) is 20.3 Å². The largest absolute Gasteiger partial charge is 0.379 e. The van der Waals surface area contributed by atoms with Crippen molar-refractivity contribution in [1.29, 1.82) is 0 Å². The number of amides is 2. The van der Waals surface area contributed by atoms with Crippen LogP contribution in [0.4, 0.5) is 17.2 Å². The van der Waals surface area contributed by atoms with Crippen LogP contribution in [0.1, 0.15) is 23.3 Å². The van der Waals surface area contributed by atoms with Crippen LogP contribution in [0.3, 0.4) is 0 Å². The minimum atomic E-state index is -0.534. The molecule has 1 aromatic carbocycles. The lowest BCUT2D eigenvalue weighted by Crippen LogP contribution is -2.25. The van der Waals surface area contributed by atoms with Gasteiger partial charge in [-0.25, -0.2) is 4.63 Å². The van der Waals surface area contributed by atoms with E-state index < -0.39 is 5.91 Å². The number of nitrogens with zero attached hydrogens (tertiary/aromatic N) is 3. The lowest BCUT2D eigenvalue weighted by atomic mass is 10.2. The van der Waals surface area contributed by atoms with Crippen LogP contribution in [0.15, 0.2) is 28.9 Å². The molecule has 1 saturated heterocycles. The summed E-state index contributed by atoms with van der Waals surface area (Å²) in [6, 6.07) is 7.07. The maximum absolute atomic E-state index is 12.1. The number of rotatable bonds is 3. The van der Waals surface area contributed by atoms with Gasteiger partial charge in [-0.05, 0) is 28.9 Å². The zero-order valence-corrected chi connectivity index (χ0v) is 11.1. The summed E-state index contributed by atoms with van der Waals surface area (Å²) in [5.74, 6) is -0.575. The second kappa shape index (κ2) is 5.23. The number of carbonyl (C=O) groups is 2. The summed E-state index contributed by atoms with van der Waals surface area (Å²) in [7, 11) is 0. The first-order valence-electron chi connectivity index (χ1n) is 6.45. The molecule has 2 amide bonds. The number of nitrogens with two attached hydrogens (primary N) is 1. The summed E-state index contributed by atoms with van der Waals surface area (Å²) in [5.41, 5.74) is 6.57. The number of nitrogen functional groups attached to an aromatic ring is 1. The van der Waals surface area contributed by atoms with E-state index in [1.54, 1.807) is 23.1 Å². The van der Waals surface area contributed by atoms with Gasteiger partial charge in [0.2, 0.25) is 17.4 Å². The molecule has 1 aromatic heterocycles. The van der Waals surface area contributed by atoms with Crippen LogP contribution in [-0.4, -0.2) is 28.7 Å². The molecule has 0 aliphatic carbocycles. The number of nitrogens with one attached hydrogen (secondary N) is 1. The molecule has 1 aliphatic heterocycles. The van der Waals surface area contributed by atoms with E-state index in [1.807, 2.05) is 6.07 Å². The number of benzene rings is 1. The molecule has 108 valence electrons. The van der Waals surface area contributed by atoms with Crippen molar-refractivity contribution >= 4 is 29.0 Å². The Morgan fingerprint density at radius 3 is 2.81 bits per heavy atom. The summed E-state index contributed by atoms with van der Waals surface area (Å²) >= 11 is 0. The molecule has 8 heteroatoms. The Balaban J connectivity index is 1.88. The molecule has 3 N–H and O–H groups in total. The fourth-order valence-corrected chi connectivity index (χ4v) is 2.25. The van der Waals surface area contributed by atoms with E-state index in [4.69, 9.17) is 5.73 Å². The summed E-state index contributed by atoms with van der Waals surface area (Å²) < 4.78 is 4.40. The van der Waals surface area contributed by atoms with E-state index in [-0.39, 0.29) is 17.4 Å². The van der Waals surface area contributed by atoms with Crippen molar-refractivity contribution in [2.75, 3.05) is 22.5 Å². The third kappa shape index (κ3) is 2.42. The fraction of sp³-hybridized carbons (Fsp3) is 0.231. The van der Waals surface area contributed by atoms with Gasteiger partial charge in [0.1, 0.15) is 0 Å². The normalized spacial score (nSPS) is 14.5. The van der Waals surface area contributed by atoms with E-state index in [0.717, 1.165) is 6.42 Å². The second-order valence-electron chi connectivity index (χ2n) is 4.62.